The quantitative estimate of drug-likeness (QED) is 0.173. The van der Waals surface area contributed by atoms with Crippen LogP contribution in [-0.4, -0.2) is 4.57 Å². The molecule has 57 heavy (non-hydrogen) atoms. The molecule has 12 rings (SSSR count). The molecule has 1 aliphatic rings. The minimum Gasteiger partial charge on any atom is -0.455 e. The Kier molecular flexibility index (Phi) is 7.02. The summed E-state index contributed by atoms with van der Waals surface area (Å²) in [6.45, 7) is 0. The molecule has 2 nitrogen and oxygen atoms in total. The van der Waals surface area contributed by atoms with Gasteiger partial charge in [-0.3, -0.25) is 0 Å². The van der Waals surface area contributed by atoms with Crippen LogP contribution in [0.25, 0.3) is 93.9 Å². The van der Waals surface area contributed by atoms with Gasteiger partial charge in [-0.1, -0.05) is 164 Å². The van der Waals surface area contributed by atoms with Crippen molar-refractivity contribution in [1.82, 2.24) is 4.57 Å². The van der Waals surface area contributed by atoms with Crippen LogP contribution in [0.5, 0.6) is 0 Å². The molecule has 0 N–H and O–H groups in total. The SMILES string of the molecule is c1ccc(-c2ccc(-n3c4ccccc4c4cc(-c5ccc6c(c5)-c5c(ccc7c5oc5ccccc57)C6c5cccc(-c6ccccc6)c5)ccc43)cc2)cc1. The van der Waals surface area contributed by atoms with E-state index < -0.39 is 0 Å². The lowest BCUT2D eigenvalue weighted by Crippen LogP contribution is -1.99. The molecule has 0 amide bonds. The number of para-hydroxylation sites is 2. The maximum Gasteiger partial charge on any atom is 0.143 e. The summed E-state index contributed by atoms with van der Waals surface area (Å²) in [5.74, 6) is 0.0825. The number of hydrogen-bond donors (Lipinski definition) is 0. The fourth-order valence-corrected chi connectivity index (χ4v) is 9.45. The predicted molar refractivity (Wildman–Crippen MR) is 237 cm³/mol. The molecule has 2 heterocycles. The Morgan fingerprint density at radius 3 is 1.79 bits per heavy atom. The second-order valence-electron chi connectivity index (χ2n) is 15.2. The second kappa shape index (κ2) is 12.6. The van der Waals surface area contributed by atoms with Gasteiger partial charge in [0.1, 0.15) is 11.2 Å². The third-order valence-electron chi connectivity index (χ3n) is 12.1. The Morgan fingerprint density at radius 2 is 0.965 bits per heavy atom. The summed E-state index contributed by atoms with van der Waals surface area (Å²) >= 11 is 0. The number of aromatic nitrogens is 1. The Hall–Kier alpha value is -7.42. The van der Waals surface area contributed by atoms with Crippen molar-refractivity contribution in [3.05, 3.63) is 223 Å². The topological polar surface area (TPSA) is 18.1 Å². The summed E-state index contributed by atoms with van der Waals surface area (Å²) in [5.41, 5.74) is 19.0. The van der Waals surface area contributed by atoms with Crippen molar-refractivity contribution in [3.63, 3.8) is 0 Å². The highest BCUT2D eigenvalue weighted by Crippen LogP contribution is 2.53. The number of furan rings is 1. The summed E-state index contributed by atoms with van der Waals surface area (Å²) in [5, 5.41) is 4.80. The molecule has 0 saturated heterocycles. The van der Waals surface area contributed by atoms with Crippen LogP contribution in [-0.2, 0) is 0 Å². The summed E-state index contributed by atoms with van der Waals surface area (Å²) in [4.78, 5) is 0. The molecule has 1 unspecified atom stereocenters. The Bertz CT molecular complexity index is 3330. The summed E-state index contributed by atoms with van der Waals surface area (Å²) < 4.78 is 9.15. The largest absolute Gasteiger partial charge is 0.455 e. The van der Waals surface area contributed by atoms with Crippen LogP contribution in [0, 0.1) is 0 Å². The van der Waals surface area contributed by atoms with E-state index in [1.165, 1.54) is 83.0 Å². The van der Waals surface area contributed by atoms with Crippen molar-refractivity contribution >= 4 is 43.7 Å². The highest BCUT2D eigenvalue weighted by atomic mass is 16.3. The van der Waals surface area contributed by atoms with Crippen LogP contribution in [0.1, 0.15) is 22.6 Å². The van der Waals surface area contributed by atoms with E-state index in [4.69, 9.17) is 4.42 Å². The normalized spacial score (nSPS) is 13.4. The third-order valence-corrected chi connectivity index (χ3v) is 12.1. The molecular weight excluding hydrogens is 691 g/mol. The number of rotatable bonds is 5. The average molecular weight is 726 g/mol. The molecule has 0 bridgehead atoms. The van der Waals surface area contributed by atoms with Gasteiger partial charge < -0.3 is 8.98 Å². The molecule has 0 aliphatic heterocycles. The van der Waals surface area contributed by atoms with E-state index in [0.29, 0.717) is 0 Å². The highest BCUT2D eigenvalue weighted by molar-refractivity contribution is 6.13. The van der Waals surface area contributed by atoms with Gasteiger partial charge >= 0.3 is 0 Å². The lowest BCUT2D eigenvalue weighted by molar-refractivity contribution is 0.670. The summed E-state index contributed by atoms with van der Waals surface area (Å²) in [6, 6.07) is 75.1. The van der Waals surface area contributed by atoms with Crippen LogP contribution in [0.3, 0.4) is 0 Å². The molecule has 0 saturated carbocycles. The molecule has 266 valence electrons. The Morgan fingerprint density at radius 1 is 0.368 bits per heavy atom. The first kappa shape index (κ1) is 31.9. The van der Waals surface area contributed by atoms with E-state index in [0.717, 1.165) is 27.6 Å². The van der Waals surface area contributed by atoms with E-state index in [-0.39, 0.29) is 5.92 Å². The van der Waals surface area contributed by atoms with E-state index >= 15 is 0 Å². The first-order chi connectivity index (χ1) is 28.3. The van der Waals surface area contributed by atoms with Gasteiger partial charge in [0, 0.05) is 38.7 Å². The maximum absolute atomic E-state index is 6.76. The van der Waals surface area contributed by atoms with Crippen LogP contribution in [0.15, 0.2) is 211 Å². The monoisotopic (exact) mass is 725 g/mol. The molecule has 0 fully saturated rings. The molecule has 2 heteroatoms. The van der Waals surface area contributed by atoms with Gasteiger partial charge in [-0.15, -0.1) is 0 Å². The number of benzene rings is 9. The van der Waals surface area contributed by atoms with Gasteiger partial charge in [0.2, 0.25) is 0 Å². The molecule has 0 radical (unpaired) electrons. The van der Waals surface area contributed by atoms with Crippen molar-refractivity contribution in [2.45, 2.75) is 5.92 Å². The van der Waals surface area contributed by atoms with Crippen molar-refractivity contribution in [2.75, 3.05) is 0 Å². The van der Waals surface area contributed by atoms with E-state index in [1.54, 1.807) is 0 Å². The van der Waals surface area contributed by atoms with Gasteiger partial charge in [0.25, 0.3) is 0 Å². The van der Waals surface area contributed by atoms with Crippen molar-refractivity contribution in [2.24, 2.45) is 0 Å². The van der Waals surface area contributed by atoms with Crippen LogP contribution < -0.4 is 0 Å². The molecule has 1 atom stereocenters. The molecular formula is C55H35NO. The van der Waals surface area contributed by atoms with Crippen molar-refractivity contribution in [3.8, 4) is 50.2 Å². The van der Waals surface area contributed by atoms with Gasteiger partial charge in [0.05, 0.1) is 11.0 Å². The van der Waals surface area contributed by atoms with E-state index in [9.17, 15) is 0 Å². The maximum atomic E-state index is 6.76. The molecule has 11 aromatic rings. The van der Waals surface area contributed by atoms with Gasteiger partial charge in [-0.2, -0.15) is 0 Å². The lowest BCUT2D eigenvalue weighted by Gasteiger charge is -2.16. The minimum atomic E-state index is 0.0825. The van der Waals surface area contributed by atoms with Crippen molar-refractivity contribution in [1.29, 1.82) is 0 Å². The molecule has 9 aromatic carbocycles. The molecule has 0 spiro atoms. The summed E-state index contributed by atoms with van der Waals surface area (Å²) in [7, 11) is 0. The molecule has 2 aromatic heterocycles. The number of hydrogen-bond acceptors (Lipinski definition) is 1. The predicted octanol–water partition coefficient (Wildman–Crippen LogP) is 14.8. The Balaban J connectivity index is 1.02. The minimum absolute atomic E-state index is 0.0825. The van der Waals surface area contributed by atoms with Gasteiger partial charge in [-0.05, 0) is 98.1 Å². The van der Waals surface area contributed by atoms with E-state index in [1.807, 2.05) is 0 Å². The fourth-order valence-electron chi connectivity index (χ4n) is 9.45. The van der Waals surface area contributed by atoms with Crippen LogP contribution >= 0.6 is 0 Å². The lowest BCUT2D eigenvalue weighted by atomic mass is 9.87. The second-order valence-corrected chi connectivity index (χ2v) is 15.2. The number of fused-ring (bicyclic) bond motifs is 10. The van der Waals surface area contributed by atoms with Crippen molar-refractivity contribution < 1.29 is 4.42 Å². The third kappa shape index (κ3) is 4.97. The first-order valence-electron chi connectivity index (χ1n) is 19.7. The first-order valence-corrected chi connectivity index (χ1v) is 19.7. The highest BCUT2D eigenvalue weighted by Gasteiger charge is 2.33. The Labute approximate surface area is 330 Å². The van der Waals surface area contributed by atoms with E-state index in [2.05, 4.69) is 211 Å². The zero-order chi connectivity index (χ0) is 37.5. The number of nitrogens with zero attached hydrogens (tertiary/aromatic N) is 1. The smallest absolute Gasteiger partial charge is 0.143 e. The zero-order valence-electron chi connectivity index (χ0n) is 31.1. The van der Waals surface area contributed by atoms with Crippen LogP contribution in [0.4, 0.5) is 0 Å². The molecule has 1 aliphatic carbocycles. The van der Waals surface area contributed by atoms with Gasteiger partial charge in [-0.25, -0.2) is 0 Å². The average Bonchev–Trinajstić information content (AvgIpc) is 3.94. The van der Waals surface area contributed by atoms with Gasteiger partial charge in [0.15, 0.2) is 0 Å². The standard InChI is InChI=1S/C55H35NO/c1-3-12-35(13-4-1)37-22-26-42(27-23-37)56-50-20-9-7-18-43(50)48-33-40(25-31-51(48)56)39-24-28-45-49(34-39)54-47(30-29-46-44-19-8-10-21-52(44)57-55(46)54)53(45)41-17-11-16-38(32-41)36-14-5-2-6-15-36/h1-34,53H. The zero-order valence-corrected chi connectivity index (χ0v) is 31.1. The summed E-state index contributed by atoms with van der Waals surface area (Å²) in [6.07, 6.45) is 0. The fraction of sp³-hybridized carbons (Fsp3) is 0.0182. The van der Waals surface area contributed by atoms with Crippen LogP contribution in [0.2, 0.25) is 0 Å².